The Bertz CT molecular complexity index is 418. The lowest BCUT2D eigenvalue weighted by molar-refractivity contribution is -0.0251. The minimum absolute atomic E-state index is 0.196. The predicted octanol–water partition coefficient (Wildman–Crippen LogP) is -0.310. The van der Waals surface area contributed by atoms with Gasteiger partial charge in [-0.1, -0.05) is 0 Å². The van der Waals surface area contributed by atoms with Crippen LogP contribution in [-0.2, 0) is 11.8 Å². The summed E-state index contributed by atoms with van der Waals surface area (Å²) in [6.45, 7) is 2.53. The smallest absolute Gasteiger partial charge is 0.254 e. The molecule has 1 saturated heterocycles. The van der Waals surface area contributed by atoms with Crippen molar-refractivity contribution in [1.82, 2.24) is 15.1 Å². The maximum atomic E-state index is 11.7. The van der Waals surface area contributed by atoms with Crippen molar-refractivity contribution in [3.05, 3.63) is 18.0 Å². The fourth-order valence-corrected chi connectivity index (χ4v) is 1.88. The Morgan fingerprint density at radius 1 is 1.82 bits per heavy atom. The molecule has 0 aliphatic carbocycles. The maximum absolute atomic E-state index is 11.7. The molecule has 94 valence electrons. The van der Waals surface area contributed by atoms with Crippen molar-refractivity contribution in [2.75, 3.05) is 13.2 Å². The van der Waals surface area contributed by atoms with Crippen LogP contribution in [0.25, 0.3) is 0 Å². The topological polar surface area (TPSA) is 76.4 Å². The van der Waals surface area contributed by atoms with Gasteiger partial charge in [-0.2, -0.15) is 5.10 Å². The number of aliphatic hydroxyl groups is 1. The van der Waals surface area contributed by atoms with Gasteiger partial charge in [0.15, 0.2) is 0 Å². The first kappa shape index (κ1) is 12.1. The lowest BCUT2D eigenvalue weighted by Gasteiger charge is -2.25. The molecule has 0 spiro atoms. The molecule has 0 aromatic carbocycles. The zero-order chi connectivity index (χ0) is 12.5. The third-order valence-electron chi connectivity index (χ3n) is 3.18. The van der Waals surface area contributed by atoms with E-state index in [2.05, 4.69) is 10.4 Å². The summed E-state index contributed by atoms with van der Waals surface area (Å²) in [6, 6.07) is 0. The molecule has 6 nitrogen and oxygen atoms in total. The molecule has 2 rings (SSSR count). The Balaban J connectivity index is 1.92. The first-order valence-electron chi connectivity index (χ1n) is 5.62. The standard InChI is InChI=1S/C11H17N3O3/c1-8-11(16,3-4-17-8)7-12-10(15)9-5-13-14(2)6-9/h5-6,8,16H,3-4,7H2,1-2H3,(H,12,15). The van der Waals surface area contributed by atoms with Crippen molar-refractivity contribution >= 4 is 5.91 Å². The minimum Gasteiger partial charge on any atom is -0.385 e. The Hall–Kier alpha value is -1.40. The second-order valence-electron chi connectivity index (χ2n) is 4.45. The van der Waals surface area contributed by atoms with Gasteiger partial charge in [0.25, 0.3) is 5.91 Å². The van der Waals surface area contributed by atoms with Gasteiger partial charge in [-0.15, -0.1) is 0 Å². The van der Waals surface area contributed by atoms with E-state index in [0.717, 1.165) is 0 Å². The van der Waals surface area contributed by atoms with Crippen LogP contribution in [0.5, 0.6) is 0 Å². The molecule has 1 amide bonds. The fourth-order valence-electron chi connectivity index (χ4n) is 1.88. The Labute approximate surface area is 99.6 Å². The maximum Gasteiger partial charge on any atom is 0.254 e. The number of nitrogens with zero attached hydrogens (tertiary/aromatic N) is 2. The van der Waals surface area contributed by atoms with Gasteiger partial charge in [0.05, 0.1) is 17.9 Å². The Morgan fingerprint density at radius 2 is 2.59 bits per heavy atom. The van der Waals surface area contributed by atoms with Crippen LogP contribution in [0.2, 0.25) is 0 Å². The number of aromatic nitrogens is 2. The third-order valence-corrected chi connectivity index (χ3v) is 3.18. The van der Waals surface area contributed by atoms with Crippen LogP contribution in [0.3, 0.4) is 0 Å². The number of carbonyl (C=O) groups excluding carboxylic acids is 1. The van der Waals surface area contributed by atoms with Crippen LogP contribution < -0.4 is 5.32 Å². The van der Waals surface area contributed by atoms with Gasteiger partial charge in [-0.05, 0) is 6.92 Å². The largest absolute Gasteiger partial charge is 0.385 e. The van der Waals surface area contributed by atoms with Crippen molar-refractivity contribution in [3.63, 3.8) is 0 Å². The summed E-state index contributed by atoms with van der Waals surface area (Å²) in [6.07, 6.45) is 3.42. The highest BCUT2D eigenvalue weighted by Gasteiger charge is 2.39. The number of hydrogen-bond acceptors (Lipinski definition) is 4. The molecule has 2 atom stereocenters. The van der Waals surface area contributed by atoms with E-state index >= 15 is 0 Å². The van der Waals surface area contributed by atoms with Gasteiger partial charge in [0, 0.05) is 32.8 Å². The molecular weight excluding hydrogens is 222 g/mol. The van der Waals surface area contributed by atoms with Crippen LogP contribution in [0.4, 0.5) is 0 Å². The highest BCUT2D eigenvalue weighted by molar-refractivity contribution is 5.93. The normalized spacial score (nSPS) is 28.3. The van der Waals surface area contributed by atoms with Crippen molar-refractivity contribution in [3.8, 4) is 0 Å². The van der Waals surface area contributed by atoms with Crippen LogP contribution in [0.1, 0.15) is 23.7 Å². The highest BCUT2D eigenvalue weighted by Crippen LogP contribution is 2.24. The van der Waals surface area contributed by atoms with E-state index in [4.69, 9.17) is 4.74 Å². The van der Waals surface area contributed by atoms with Gasteiger partial charge in [0.2, 0.25) is 0 Å². The third kappa shape index (κ3) is 2.48. The van der Waals surface area contributed by atoms with Crippen molar-refractivity contribution in [2.24, 2.45) is 7.05 Å². The quantitative estimate of drug-likeness (QED) is 0.758. The van der Waals surface area contributed by atoms with E-state index in [1.165, 1.54) is 6.20 Å². The number of aryl methyl sites for hydroxylation is 1. The molecule has 1 aliphatic rings. The van der Waals surface area contributed by atoms with E-state index < -0.39 is 5.60 Å². The number of nitrogens with one attached hydrogen (secondary N) is 1. The van der Waals surface area contributed by atoms with Crippen molar-refractivity contribution < 1.29 is 14.6 Å². The lowest BCUT2D eigenvalue weighted by Crippen LogP contribution is -2.47. The summed E-state index contributed by atoms with van der Waals surface area (Å²) in [7, 11) is 1.75. The summed E-state index contributed by atoms with van der Waals surface area (Å²) in [4.78, 5) is 11.7. The number of hydrogen-bond donors (Lipinski definition) is 2. The first-order valence-corrected chi connectivity index (χ1v) is 5.62. The molecule has 0 saturated carbocycles. The first-order chi connectivity index (χ1) is 8.01. The molecule has 17 heavy (non-hydrogen) atoms. The molecule has 1 aromatic rings. The zero-order valence-corrected chi connectivity index (χ0v) is 10.0. The van der Waals surface area contributed by atoms with E-state index in [9.17, 15) is 9.90 Å². The monoisotopic (exact) mass is 239 g/mol. The van der Waals surface area contributed by atoms with Gasteiger partial charge >= 0.3 is 0 Å². The van der Waals surface area contributed by atoms with Crippen LogP contribution in [0.15, 0.2) is 12.4 Å². The summed E-state index contributed by atoms with van der Waals surface area (Å²) in [5.41, 5.74) is -0.472. The highest BCUT2D eigenvalue weighted by atomic mass is 16.5. The SMILES string of the molecule is CC1OCCC1(O)CNC(=O)c1cnn(C)c1. The lowest BCUT2D eigenvalue weighted by atomic mass is 9.96. The molecule has 1 fully saturated rings. The fraction of sp³-hybridized carbons (Fsp3) is 0.636. The molecule has 1 aliphatic heterocycles. The van der Waals surface area contributed by atoms with Crippen LogP contribution in [-0.4, -0.2) is 45.7 Å². The zero-order valence-electron chi connectivity index (χ0n) is 10.0. The Kier molecular flexibility index (Phi) is 3.17. The molecule has 1 aromatic heterocycles. The van der Waals surface area contributed by atoms with Gasteiger partial charge in [0.1, 0.15) is 5.60 Å². The van der Waals surface area contributed by atoms with Crippen LogP contribution in [0, 0.1) is 0 Å². The molecule has 2 unspecified atom stereocenters. The minimum atomic E-state index is -0.960. The number of carbonyl (C=O) groups is 1. The summed E-state index contributed by atoms with van der Waals surface area (Å²) in [5.74, 6) is -0.231. The second kappa shape index (κ2) is 4.46. The van der Waals surface area contributed by atoms with Gasteiger partial charge < -0.3 is 15.2 Å². The second-order valence-corrected chi connectivity index (χ2v) is 4.45. The van der Waals surface area contributed by atoms with Crippen molar-refractivity contribution in [1.29, 1.82) is 0 Å². The molecule has 6 heteroatoms. The van der Waals surface area contributed by atoms with Gasteiger partial charge in [-0.25, -0.2) is 0 Å². The Morgan fingerprint density at radius 3 is 3.12 bits per heavy atom. The van der Waals surface area contributed by atoms with E-state index in [-0.39, 0.29) is 18.6 Å². The number of rotatable bonds is 3. The average Bonchev–Trinajstić information content (AvgIpc) is 2.84. The molecular formula is C11H17N3O3. The predicted molar refractivity (Wildman–Crippen MR) is 60.5 cm³/mol. The summed E-state index contributed by atoms with van der Waals surface area (Å²) in [5, 5.41) is 16.8. The summed E-state index contributed by atoms with van der Waals surface area (Å²) < 4.78 is 6.85. The summed E-state index contributed by atoms with van der Waals surface area (Å²) >= 11 is 0. The molecule has 2 N–H and O–H groups in total. The number of ether oxygens (including phenoxy) is 1. The average molecular weight is 239 g/mol. The molecule has 0 bridgehead atoms. The van der Waals surface area contributed by atoms with E-state index in [1.54, 1.807) is 17.9 Å². The van der Waals surface area contributed by atoms with E-state index in [1.807, 2.05) is 6.92 Å². The van der Waals surface area contributed by atoms with Crippen molar-refractivity contribution in [2.45, 2.75) is 25.0 Å². The molecule has 0 radical (unpaired) electrons. The molecule has 2 heterocycles. The van der Waals surface area contributed by atoms with Gasteiger partial charge in [-0.3, -0.25) is 9.48 Å². The number of amides is 1. The van der Waals surface area contributed by atoms with Crippen LogP contribution >= 0.6 is 0 Å². The van der Waals surface area contributed by atoms with E-state index in [0.29, 0.717) is 18.6 Å².